The summed E-state index contributed by atoms with van der Waals surface area (Å²) in [4.78, 5) is 10.9. The van der Waals surface area contributed by atoms with Crippen LogP contribution in [-0.2, 0) is 17.4 Å². The minimum Gasteiger partial charge on any atom is -0.300 e. The molecule has 0 saturated heterocycles. The Labute approximate surface area is 106 Å². The first-order valence-electron chi connectivity index (χ1n) is 5.45. The Kier molecular flexibility index (Phi) is 3.37. The number of Topliss-reactive ketones (excluding diaryl/α,β-unsaturated/α-hetero) is 1. The molecule has 0 aliphatic carbocycles. The largest absolute Gasteiger partial charge is 0.418 e. The van der Waals surface area contributed by atoms with Crippen molar-refractivity contribution < 1.29 is 18.0 Å². The molecule has 1 aromatic carbocycles. The standard InChI is InChI=1S/C12H10F3N3O/c1-8(19)6-9-7-18(17-16-9)11-5-3-2-4-10(11)12(13,14)15/h2-5,7H,6H2,1H3. The first kappa shape index (κ1) is 13.3. The van der Waals surface area contributed by atoms with E-state index in [4.69, 9.17) is 0 Å². The summed E-state index contributed by atoms with van der Waals surface area (Å²) in [6, 6.07) is 5.06. The van der Waals surface area contributed by atoms with Crippen LogP contribution in [0.15, 0.2) is 30.5 Å². The molecule has 7 heteroatoms. The fourth-order valence-electron chi connectivity index (χ4n) is 1.67. The topological polar surface area (TPSA) is 47.8 Å². The molecule has 1 aromatic heterocycles. The van der Waals surface area contributed by atoms with Gasteiger partial charge in [-0.2, -0.15) is 13.2 Å². The molecule has 1 heterocycles. The molecule has 0 aliphatic heterocycles. The Hall–Kier alpha value is -2.18. The van der Waals surface area contributed by atoms with Gasteiger partial charge in [0.25, 0.3) is 0 Å². The zero-order chi connectivity index (χ0) is 14.0. The Morgan fingerprint density at radius 1 is 1.32 bits per heavy atom. The van der Waals surface area contributed by atoms with Crippen LogP contribution in [0.25, 0.3) is 5.69 Å². The number of hydrogen-bond donors (Lipinski definition) is 0. The van der Waals surface area contributed by atoms with Crippen LogP contribution in [0, 0.1) is 0 Å². The molecule has 2 aromatic rings. The summed E-state index contributed by atoms with van der Waals surface area (Å²) in [5.74, 6) is -0.129. The lowest BCUT2D eigenvalue weighted by Gasteiger charge is -2.11. The summed E-state index contributed by atoms with van der Waals surface area (Å²) in [5, 5.41) is 7.31. The van der Waals surface area contributed by atoms with Gasteiger partial charge in [-0.05, 0) is 19.1 Å². The molecular formula is C12H10F3N3O. The summed E-state index contributed by atoms with van der Waals surface area (Å²) < 4.78 is 39.5. The van der Waals surface area contributed by atoms with E-state index in [1.165, 1.54) is 31.3 Å². The molecule has 4 nitrogen and oxygen atoms in total. The number of benzene rings is 1. The quantitative estimate of drug-likeness (QED) is 0.859. The number of carbonyl (C=O) groups excluding carboxylic acids is 1. The normalized spacial score (nSPS) is 11.6. The SMILES string of the molecule is CC(=O)Cc1cn(-c2ccccc2C(F)(F)F)nn1. The smallest absolute Gasteiger partial charge is 0.300 e. The molecule has 2 rings (SSSR count). The fourth-order valence-corrected chi connectivity index (χ4v) is 1.67. The molecule has 0 aliphatic rings. The Morgan fingerprint density at radius 3 is 2.63 bits per heavy atom. The number of nitrogens with zero attached hydrogens (tertiary/aromatic N) is 3. The van der Waals surface area contributed by atoms with Crippen LogP contribution in [0.3, 0.4) is 0 Å². The predicted octanol–water partition coefficient (Wildman–Crippen LogP) is 2.42. The maximum Gasteiger partial charge on any atom is 0.418 e. The van der Waals surface area contributed by atoms with Gasteiger partial charge in [0.1, 0.15) is 5.78 Å². The zero-order valence-corrected chi connectivity index (χ0v) is 9.98. The monoisotopic (exact) mass is 269 g/mol. The fraction of sp³-hybridized carbons (Fsp3) is 0.250. The van der Waals surface area contributed by atoms with E-state index in [0.29, 0.717) is 5.69 Å². The third kappa shape index (κ3) is 2.98. The van der Waals surface area contributed by atoms with Crippen molar-refractivity contribution in [2.24, 2.45) is 0 Å². The van der Waals surface area contributed by atoms with Crippen LogP contribution in [0.5, 0.6) is 0 Å². The van der Waals surface area contributed by atoms with Gasteiger partial charge in [0.15, 0.2) is 0 Å². The van der Waals surface area contributed by atoms with Gasteiger partial charge in [0.2, 0.25) is 0 Å². The van der Waals surface area contributed by atoms with Crippen LogP contribution in [0.2, 0.25) is 0 Å². The lowest BCUT2D eigenvalue weighted by Crippen LogP contribution is -2.11. The number of aromatic nitrogens is 3. The molecule has 0 atom stereocenters. The highest BCUT2D eigenvalue weighted by molar-refractivity contribution is 5.77. The molecule has 0 saturated carbocycles. The lowest BCUT2D eigenvalue weighted by atomic mass is 10.1. The van der Waals surface area contributed by atoms with Crippen molar-refractivity contribution in [1.29, 1.82) is 0 Å². The number of ketones is 1. The van der Waals surface area contributed by atoms with Crippen LogP contribution < -0.4 is 0 Å². The lowest BCUT2D eigenvalue weighted by molar-refractivity contribution is -0.137. The second kappa shape index (κ2) is 4.83. The summed E-state index contributed by atoms with van der Waals surface area (Å²) in [6.07, 6.45) is -3.09. The zero-order valence-electron chi connectivity index (χ0n) is 9.98. The van der Waals surface area contributed by atoms with E-state index < -0.39 is 11.7 Å². The molecular weight excluding hydrogens is 259 g/mol. The number of carbonyl (C=O) groups is 1. The second-order valence-corrected chi connectivity index (χ2v) is 4.05. The van der Waals surface area contributed by atoms with Crippen LogP contribution >= 0.6 is 0 Å². The van der Waals surface area contributed by atoms with E-state index in [1.807, 2.05) is 0 Å². The molecule has 100 valence electrons. The number of para-hydroxylation sites is 1. The van der Waals surface area contributed by atoms with E-state index in [9.17, 15) is 18.0 Å². The highest BCUT2D eigenvalue weighted by atomic mass is 19.4. The molecule has 19 heavy (non-hydrogen) atoms. The second-order valence-electron chi connectivity index (χ2n) is 4.05. The number of alkyl halides is 3. The summed E-state index contributed by atoms with van der Waals surface area (Å²) in [5.41, 5.74) is -0.573. The summed E-state index contributed by atoms with van der Waals surface area (Å²) in [6.45, 7) is 1.38. The highest BCUT2D eigenvalue weighted by Gasteiger charge is 2.33. The Balaban J connectivity index is 2.42. The molecule has 0 bridgehead atoms. The molecule has 0 amide bonds. The van der Waals surface area contributed by atoms with Gasteiger partial charge < -0.3 is 0 Å². The average molecular weight is 269 g/mol. The Bertz CT molecular complexity index is 604. The highest BCUT2D eigenvalue weighted by Crippen LogP contribution is 2.33. The third-order valence-corrected chi connectivity index (χ3v) is 2.43. The van der Waals surface area contributed by atoms with Gasteiger partial charge in [-0.15, -0.1) is 5.10 Å². The number of rotatable bonds is 3. The number of hydrogen-bond acceptors (Lipinski definition) is 3. The van der Waals surface area contributed by atoms with Crippen LogP contribution in [0.1, 0.15) is 18.2 Å². The van der Waals surface area contributed by atoms with Crippen molar-refractivity contribution in [2.75, 3.05) is 0 Å². The van der Waals surface area contributed by atoms with E-state index in [-0.39, 0.29) is 17.9 Å². The molecule has 0 unspecified atom stereocenters. The van der Waals surface area contributed by atoms with Gasteiger partial charge in [0.05, 0.1) is 29.6 Å². The first-order valence-corrected chi connectivity index (χ1v) is 5.45. The average Bonchev–Trinajstić information content (AvgIpc) is 2.75. The van der Waals surface area contributed by atoms with Crippen molar-refractivity contribution in [3.63, 3.8) is 0 Å². The van der Waals surface area contributed by atoms with E-state index in [2.05, 4.69) is 10.3 Å². The summed E-state index contributed by atoms with van der Waals surface area (Å²) in [7, 11) is 0. The maximum atomic E-state index is 12.8. The van der Waals surface area contributed by atoms with Crippen molar-refractivity contribution in [3.8, 4) is 5.69 Å². The number of halogens is 3. The van der Waals surface area contributed by atoms with Gasteiger partial charge in [0, 0.05) is 0 Å². The van der Waals surface area contributed by atoms with Crippen molar-refractivity contribution in [2.45, 2.75) is 19.5 Å². The maximum absolute atomic E-state index is 12.8. The minimum atomic E-state index is -4.47. The van der Waals surface area contributed by atoms with Crippen molar-refractivity contribution >= 4 is 5.78 Å². The molecule has 0 fully saturated rings. The van der Waals surface area contributed by atoms with Gasteiger partial charge >= 0.3 is 6.18 Å². The predicted molar refractivity (Wildman–Crippen MR) is 60.7 cm³/mol. The van der Waals surface area contributed by atoms with Gasteiger partial charge in [-0.25, -0.2) is 4.68 Å². The Morgan fingerprint density at radius 2 is 2.00 bits per heavy atom. The molecule has 0 N–H and O–H groups in total. The molecule has 0 spiro atoms. The van der Waals surface area contributed by atoms with E-state index in [1.54, 1.807) is 0 Å². The van der Waals surface area contributed by atoms with E-state index in [0.717, 1.165) is 10.7 Å². The first-order chi connectivity index (χ1) is 8.88. The van der Waals surface area contributed by atoms with Crippen molar-refractivity contribution in [3.05, 3.63) is 41.7 Å². The van der Waals surface area contributed by atoms with Gasteiger partial charge in [-0.1, -0.05) is 17.3 Å². The third-order valence-electron chi connectivity index (χ3n) is 2.43. The summed E-state index contributed by atoms with van der Waals surface area (Å²) >= 11 is 0. The van der Waals surface area contributed by atoms with Crippen LogP contribution in [-0.4, -0.2) is 20.8 Å². The van der Waals surface area contributed by atoms with Gasteiger partial charge in [-0.3, -0.25) is 4.79 Å². The van der Waals surface area contributed by atoms with Crippen molar-refractivity contribution in [1.82, 2.24) is 15.0 Å². The minimum absolute atomic E-state index is 0.0498. The van der Waals surface area contributed by atoms with E-state index >= 15 is 0 Å². The van der Waals surface area contributed by atoms with Crippen LogP contribution in [0.4, 0.5) is 13.2 Å². The molecule has 0 radical (unpaired) electrons.